The first-order valence-corrected chi connectivity index (χ1v) is 5.29. The van der Waals surface area contributed by atoms with Crippen LogP contribution in [0.5, 0.6) is 0 Å². The molecule has 0 aliphatic rings. The Kier molecular flexibility index (Phi) is 1.64. The Bertz CT molecular complexity index is 551. The number of nitrogens with zero attached hydrogens (tertiary/aromatic N) is 1. The molecule has 0 radical (unpaired) electrons. The molecule has 1 aromatic carbocycles. The van der Waals surface area contributed by atoms with E-state index in [4.69, 9.17) is 0 Å². The van der Waals surface area contributed by atoms with Crippen LogP contribution in [0.25, 0.3) is 21.3 Å². The lowest BCUT2D eigenvalue weighted by Gasteiger charge is -1.92. The smallest absolute Gasteiger partial charge is 0.0935 e. The van der Waals surface area contributed by atoms with Gasteiger partial charge in [-0.15, -0.1) is 11.3 Å². The highest BCUT2D eigenvalue weighted by atomic mass is 32.1. The van der Waals surface area contributed by atoms with Crippen molar-refractivity contribution in [2.24, 2.45) is 0 Å². The Morgan fingerprint density at radius 1 is 1.14 bits per heavy atom. The summed E-state index contributed by atoms with van der Waals surface area (Å²) in [5, 5.41) is 10.5. The van der Waals surface area contributed by atoms with E-state index in [1.54, 1.807) is 11.3 Å². The number of hydrogen-bond acceptors (Lipinski definition) is 2. The van der Waals surface area contributed by atoms with E-state index in [1.165, 1.54) is 15.6 Å². The number of H-pyrrole nitrogens is 1. The zero-order chi connectivity index (χ0) is 9.38. The maximum Gasteiger partial charge on any atom is 0.0935 e. The second kappa shape index (κ2) is 2.96. The minimum absolute atomic E-state index is 1.02. The highest BCUT2D eigenvalue weighted by Crippen LogP contribution is 2.32. The van der Waals surface area contributed by atoms with Crippen LogP contribution in [0.4, 0.5) is 0 Å². The molecule has 14 heavy (non-hydrogen) atoms. The van der Waals surface area contributed by atoms with Gasteiger partial charge in [-0.05, 0) is 12.1 Å². The van der Waals surface area contributed by atoms with E-state index >= 15 is 0 Å². The summed E-state index contributed by atoms with van der Waals surface area (Å²) in [6, 6.07) is 10.4. The first-order valence-electron chi connectivity index (χ1n) is 4.41. The van der Waals surface area contributed by atoms with Gasteiger partial charge >= 0.3 is 0 Å². The fraction of sp³-hybridized carbons (Fsp3) is 0. The van der Waals surface area contributed by atoms with E-state index in [0.717, 1.165) is 5.69 Å². The molecule has 2 aromatic heterocycles. The van der Waals surface area contributed by atoms with Crippen molar-refractivity contribution in [1.29, 1.82) is 0 Å². The zero-order valence-corrected chi connectivity index (χ0v) is 8.21. The number of nitrogens with one attached hydrogen (secondary N) is 1. The highest BCUT2D eigenvalue weighted by Gasteiger charge is 2.06. The van der Waals surface area contributed by atoms with Crippen molar-refractivity contribution in [2.75, 3.05) is 0 Å². The van der Waals surface area contributed by atoms with Crippen LogP contribution in [0, 0.1) is 0 Å². The molecule has 0 unspecified atom stereocenters. The number of fused-ring (bicyclic) bond motifs is 1. The van der Waals surface area contributed by atoms with Crippen LogP contribution in [0.3, 0.4) is 0 Å². The third-order valence-electron chi connectivity index (χ3n) is 2.26. The molecule has 3 heteroatoms. The standard InChI is InChI=1S/C11H8N2S/c1-2-4-11-8(3-1)9(7-14-11)10-5-6-12-13-10/h1-7H,(H,12,13). The van der Waals surface area contributed by atoms with Gasteiger partial charge in [0.2, 0.25) is 0 Å². The van der Waals surface area contributed by atoms with Gasteiger partial charge in [-0.1, -0.05) is 18.2 Å². The lowest BCUT2D eigenvalue weighted by Crippen LogP contribution is -1.74. The van der Waals surface area contributed by atoms with Crippen molar-refractivity contribution < 1.29 is 0 Å². The van der Waals surface area contributed by atoms with Crippen LogP contribution in [-0.4, -0.2) is 10.2 Å². The highest BCUT2D eigenvalue weighted by molar-refractivity contribution is 7.17. The SMILES string of the molecule is c1ccc2c(-c3cc[nH]n3)csc2c1. The van der Waals surface area contributed by atoms with Crippen molar-refractivity contribution in [1.82, 2.24) is 10.2 Å². The van der Waals surface area contributed by atoms with Gasteiger partial charge in [-0.3, -0.25) is 5.10 Å². The number of hydrogen-bond donors (Lipinski definition) is 1. The predicted molar refractivity (Wildman–Crippen MR) is 59.4 cm³/mol. The summed E-state index contributed by atoms with van der Waals surface area (Å²) in [7, 11) is 0. The number of rotatable bonds is 1. The molecule has 0 saturated heterocycles. The summed E-state index contributed by atoms with van der Waals surface area (Å²) in [5.74, 6) is 0. The Balaban J connectivity index is 2.33. The topological polar surface area (TPSA) is 28.7 Å². The molecule has 0 saturated carbocycles. The first-order chi connectivity index (χ1) is 6.95. The van der Waals surface area contributed by atoms with Crippen molar-refractivity contribution in [2.45, 2.75) is 0 Å². The molecule has 2 nitrogen and oxygen atoms in total. The quantitative estimate of drug-likeness (QED) is 0.641. The van der Waals surface area contributed by atoms with Crippen LogP contribution in [0.1, 0.15) is 0 Å². The molecule has 0 aliphatic carbocycles. The van der Waals surface area contributed by atoms with Crippen molar-refractivity contribution in [3.8, 4) is 11.3 Å². The summed E-state index contributed by atoms with van der Waals surface area (Å²) >= 11 is 1.76. The normalized spacial score (nSPS) is 10.9. The largest absolute Gasteiger partial charge is 0.285 e. The van der Waals surface area contributed by atoms with Crippen LogP contribution < -0.4 is 0 Å². The summed E-state index contributed by atoms with van der Waals surface area (Å²) in [6.07, 6.45) is 1.85. The Morgan fingerprint density at radius 3 is 2.93 bits per heavy atom. The molecule has 0 atom stereocenters. The maximum absolute atomic E-state index is 4.19. The molecular weight excluding hydrogens is 192 g/mol. The fourth-order valence-electron chi connectivity index (χ4n) is 1.59. The average molecular weight is 200 g/mol. The summed E-state index contributed by atoms with van der Waals surface area (Å²) in [6.45, 7) is 0. The summed E-state index contributed by atoms with van der Waals surface area (Å²) in [5.41, 5.74) is 2.23. The van der Waals surface area contributed by atoms with Gasteiger partial charge in [0.05, 0.1) is 5.69 Å². The van der Waals surface area contributed by atoms with E-state index in [-0.39, 0.29) is 0 Å². The molecule has 0 fully saturated rings. The van der Waals surface area contributed by atoms with E-state index in [2.05, 4.69) is 39.8 Å². The lowest BCUT2D eigenvalue weighted by molar-refractivity contribution is 1.10. The Hall–Kier alpha value is -1.61. The van der Waals surface area contributed by atoms with Crippen LogP contribution in [0.2, 0.25) is 0 Å². The molecular formula is C11H8N2S. The van der Waals surface area contributed by atoms with E-state index in [0.29, 0.717) is 0 Å². The molecule has 2 heterocycles. The van der Waals surface area contributed by atoms with Crippen molar-refractivity contribution >= 4 is 21.4 Å². The second-order valence-electron chi connectivity index (χ2n) is 3.11. The maximum atomic E-state index is 4.19. The molecule has 0 spiro atoms. The van der Waals surface area contributed by atoms with Crippen LogP contribution in [0.15, 0.2) is 41.9 Å². The summed E-state index contributed by atoms with van der Waals surface area (Å²) < 4.78 is 1.31. The van der Waals surface area contributed by atoms with Crippen molar-refractivity contribution in [3.05, 3.63) is 41.9 Å². The number of benzene rings is 1. The van der Waals surface area contributed by atoms with Crippen molar-refractivity contribution in [3.63, 3.8) is 0 Å². The molecule has 0 bridgehead atoms. The van der Waals surface area contributed by atoms with Gasteiger partial charge in [0.15, 0.2) is 0 Å². The van der Waals surface area contributed by atoms with E-state index in [9.17, 15) is 0 Å². The number of thiophene rings is 1. The van der Waals surface area contributed by atoms with E-state index in [1.807, 2.05) is 12.3 Å². The van der Waals surface area contributed by atoms with Gasteiger partial charge in [0.25, 0.3) is 0 Å². The fourth-order valence-corrected chi connectivity index (χ4v) is 2.54. The van der Waals surface area contributed by atoms with Crippen LogP contribution in [-0.2, 0) is 0 Å². The lowest BCUT2D eigenvalue weighted by atomic mass is 10.1. The van der Waals surface area contributed by atoms with Gasteiger partial charge in [0.1, 0.15) is 0 Å². The minimum atomic E-state index is 1.02. The predicted octanol–water partition coefficient (Wildman–Crippen LogP) is 3.29. The zero-order valence-electron chi connectivity index (χ0n) is 7.40. The van der Waals surface area contributed by atoms with Gasteiger partial charge in [-0.2, -0.15) is 5.10 Å². The Morgan fingerprint density at radius 2 is 2.07 bits per heavy atom. The average Bonchev–Trinajstić information content (AvgIpc) is 2.85. The van der Waals surface area contributed by atoms with Gasteiger partial charge in [-0.25, -0.2) is 0 Å². The molecule has 0 amide bonds. The third kappa shape index (κ3) is 1.06. The number of aromatic nitrogens is 2. The van der Waals surface area contributed by atoms with Gasteiger partial charge < -0.3 is 0 Å². The van der Waals surface area contributed by atoms with Crippen LogP contribution >= 0.6 is 11.3 Å². The molecule has 3 rings (SSSR count). The molecule has 68 valence electrons. The molecule has 3 aromatic rings. The minimum Gasteiger partial charge on any atom is -0.285 e. The van der Waals surface area contributed by atoms with E-state index < -0.39 is 0 Å². The second-order valence-corrected chi connectivity index (χ2v) is 4.02. The number of aromatic amines is 1. The Labute approximate surface area is 85.2 Å². The van der Waals surface area contributed by atoms with Gasteiger partial charge in [0, 0.05) is 27.2 Å². The molecule has 1 N–H and O–H groups in total. The first kappa shape index (κ1) is 7.76. The molecule has 0 aliphatic heterocycles. The monoisotopic (exact) mass is 200 g/mol. The summed E-state index contributed by atoms with van der Waals surface area (Å²) in [4.78, 5) is 0. The third-order valence-corrected chi connectivity index (χ3v) is 3.22.